The molecule has 1 rings (SSSR count). The summed E-state index contributed by atoms with van der Waals surface area (Å²) in [6.45, 7) is 4.43. The van der Waals surface area contributed by atoms with Crippen LogP contribution in [0.15, 0.2) is 29.7 Å². The number of hydrogen-bond donors (Lipinski definition) is 1. The highest BCUT2D eigenvalue weighted by atomic mass is 35.5. The zero-order valence-electron chi connectivity index (χ0n) is 11.3. The van der Waals surface area contributed by atoms with Crippen molar-refractivity contribution < 1.29 is 18.4 Å². The summed E-state index contributed by atoms with van der Waals surface area (Å²) in [5.74, 6) is 0. The molecule has 0 unspecified atom stereocenters. The van der Waals surface area contributed by atoms with E-state index in [2.05, 4.69) is 6.58 Å². The molecule has 0 fully saturated rings. The van der Waals surface area contributed by atoms with E-state index in [9.17, 15) is 18.5 Å². The smallest absolute Gasteiger partial charge is 0.289 e. The van der Waals surface area contributed by atoms with E-state index < -0.39 is 20.6 Å². The Hall–Kier alpha value is -1.48. The average Bonchev–Trinajstić information content (AvgIpc) is 2.37. The minimum atomic E-state index is -3.99. The molecular formula is C12H15ClN2O5S. The first-order valence-electron chi connectivity index (χ1n) is 5.92. The van der Waals surface area contributed by atoms with Crippen LogP contribution >= 0.6 is 11.6 Å². The summed E-state index contributed by atoms with van der Waals surface area (Å²) in [6, 6.07) is 2.16. The summed E-state index contributed by atoms with van der Waals surface area (Å²) in [4.78, 5) is 9.93. The molecule has 0 aliphatic heterocycles. The van der Waals surface area contributed by atoms with Crippen LogP contribution < -0.4 is 0 Å². The predicted molar refractivity (Wildman–Crippen MR) is 78.9 cm³/mol. The Morgan fingerprint density at radius 1 is 1.52 bits per heavy atom. The first-order chi connectivity index (χ1) is 9.75. The van der Waals surface area contributed by atoms with Crippen LogP contribution in [-0.2, 0) is 10.0 Å². The molecule has 0 radical (unpaired) electrons. The van der Waals surface area contributed by atoms with Gasteiger partial charge in [-0.2, -0.15) is 4.31 Å². The van der Waals surface area contributed by atoms with Crippen LogP contribution in [0.4, 0.5) is 5.69 Å². The van der Waals surface area contributed by atoms with Crippen molar-refractivity contribution in [1.82, 2.24) is 4.31 Å². The normalized spacial score (nSPS) is 11.6. The topological polar surface area (TPSA) is 101 Å². The van der Waals surface area contributed by atoms with Crippen LogP contribution in [-0.4, -0.2) is 42.4 Å². The van der Waals surface area contributed by atoms with Gasteiger partial charge in [-0.1, -0.05) is 17.7 Å². The van der Waals surface area contributed by atoms with Gasteiger partial charge in [-0.25, -0.2) is 8.42 Å². The fraction of sp³-hybridized carbons (Fsp3) is 0.333. The van der Waals surface area contributed by atoms with Crippen molar-refractivity contribution in [2.75, 3.05) is 19.7 Å². The summed E-state index contributed by atoms with van der Waals surface area (Å²) >= 11 is 5.74. The summed E-state index contributed by atoms with van der Waals surface area (Å²) in [7, 11) is -3.99. The van der Waals surface area contributed by atoms with Gasteiger partial charge in [-0.15, -0.1) is 6.58 Å². The highest BCUT2D eigenvalue weighted by molar-refractivity contribution is 7.89. The lowest BCUT2D eigenvalue weighted by Crippen LogP contribution is -2.34. The Labute approximate surface area is 127 Å². The average molecular weight is 335 g/mol. The van der Waals surface area contributed by atoms with Gasteiger partial charge in [-0.05, 0) is 18.6 Å². The number of benzene rings is 1. The fourth-order valence-electron chi connectivity index (χ4n) is 1.76. The number of nitro benzene ring substituents is 1. The summed E-state index contributed by atoms with van der Waals surface area (Å²) in [5.41, 5.74) is -0.194. The van der Waals surface area contributed by atoms with E-state index >= 15 is 0 Å². The van der Waals surface area contributed by atoms with Gasteiger partial charge in [0.15, 0.2) is 0 Å². The van der Waals surface area contributed by atoms with Gasteiger partial charge in [0, 0.05) is 19.2 Å². The van der Waals surface area contributed by atoms with Crippen molar-refractivity contribution in [2.45, 2.75) is 11.8 Å². The zero-order chi connectivity index (χ0) is 16.2. The van der Waals surface area contributed by atoms with Gasteiger partial charge >= 0.3 is 0 Å². The first kappa shape index (κ1) is 17.6. The van der Waals surface area contributed by atoms with Crippen LogP contribution in [0.3, 0.4) is 0 Å². The summed E-state index contributed by atoms with van der Waals surface area (Å²) in [6.07, 6.45) is 1.37. The lowest BCUT2D eigenvalue weighted by atomic mass is 10.2. The number of aliphatic hydroxyl groups is 1. The van der Waals surface area contributed by atoms with Crippen molar-refractivity contribution in [3.63, 3.8) is 0 Å². The first-order valence-corrected chi connectivity index (χ1v) is 7.74. The Morgan fingerprint density at radius 3 is 2.62 bits per heavy atom. The Bertz CT molecular complexity index is 660. The van der Waals surface area contributed by atoms with Crippen molar-refractivity contribution in [1.29, 1.82) is 0 Å². The largest absolute Gasteiger partial charge is 0.395 e. The van der Waals surface area contributed by atoms with E-state index in [0.29, 0.717) is 0 Å². The quantitative estimate of drug-likeness (QED) is 0.465. The van der Waals surface area contributed by atoms with Gasteiger partial charge in [0.25, 0.3) is 5.69 Å². The lowest BCUT2D eigenvalue weighted by Gasteiger charge is -2.20. The molecule has 0 amide bonds. The number of hydrogen-bond acceptors (Lipinski definition) is 5. The molecule has 21 heavy (non-hydrogen) atoms. The van der Waals surface area contributed by atoms with Gasteiger partial charge in [0.2, 0.25) is 10.0 Å². The Morgan fingerprint density at radius 2 is 2.14 bits per heavy atom. The molecule has 0 aromatic heterocycles. The molecule has 9 heteroatoms. The van der Waals surface area contributed by atoms with Crippen molar-refractivity contribution in [3.05, 3.63) is 45.5 Å². The molecule has 1 aromatic carbocycles. The third kappa shape index (κ3) is 3.79. The maximum atomic E-state index is 12.5. The van der Waals surface area contributed by atoms with Crippen LogP contribution in [0.5, 0.6) is 0 Å². The minimum Gasteiger partial charge on any atom is -0.395 e. The van der Waals surface area contributed by atoms with E-state index in [-0.39, 0.29) is 35.2 Å². The maximum absolute atomic E-state index is 12.5. The van der Waals surface area contributed by atoms with E-state index in [1.807, 2.05) is 0 Å². The number of rotatable bonds is 7. The number of nitro groups is 1. The SMILES string of the molecule is C=CCN(CCO)S(=O)(=O)c1cc([N+](=O)[O-])c(Cl)cc1C. The zero-order valence-corrected chi connectivity index (χ0v) is 12.9. The van der Waals surface area contributed by atoms with E-state index in [1.54, 1.807) is 0 Å². The fourth-order valence-corrected chi connectivity index (χ4v) is 3.68. The van der Waals surface area contributed by atoms with Crippen molar-refractivity contribution in [2.24, 2.45) is 0 Å². The number of halogens is 1. The van der Waals surface area contributed by atoms with Gasteiger partial charge < -0.3 is 5.11 Å². The maximum Gasteiger partial charge on any atom is 0.289 e. The van der Waals surface area contributed by atoms with Gasteiger partial charge in [0.05, 0.1) is 16.4 Å². The van der Waals surface area contributed by atoms with E-state index in [4.69, 9.17) is 16.7 Å². The van der Waals surface area contributed by atoms with Crippen LogP contribution in [0.1, 0.15) is 5.56 Å². The van der Waals surface area contributed by atoms with Crippen LogP contribution in [0.2, 0.25) is 5.02 Å². The number of sulfonamides is 1. The molecule has 1 aromatic rings. The molecule has 1 N–H and O–H groups in total. The molecule has 0 saturated heterocycles. The van der Waals surface area contributed by atoms with Gasteiger partial charge in [-0.3, -0.25) is 10.1 Å². The molecular weight excluding hydrogens is 320 g/mol. The van der Waals surface area contributed by atoms with Crippen LogP contribution in [0.25, 0.3) is 0 Å². The Kier molecular flexibility index (Phi) is 5.85. The second-order valence-corrected chi connectivity index (χ2v) is 6.52. The third-order valence-electron chi connectivity index (χ3n) is 2.74. The third-order valence-corrected chi connectivity index (χ3v) is 5.05. The second kappa shape index (κ2) is 6.99. The Balaban J connectivity index is 3.45. The minimum absolute atomic E-state index is 0.0151. The molecule has 0 heterocycles. The molecule has 0 saturated carbocycles. The number of nitrogens with zero attached hydrogens (tertiary/aromatic N) is 2. The molecule has 0 bridgehead atoms. The molecule has 0 aliphatic carbocycles. The van der Waals surface area contributed by atoms with Crippen LogP contribution in [0, 0.1) is 17.0 Å². The van der Waals surface area contributed by atoms with E-state index in [1.165, 1.54) is 19.1 Å². The lowest BCUT2D eigenvalue weighted by molar-refractivity contribution is -0.384. The molecule has 7 nitrogen and oxygen atoms in total. The monoisotopic (exact) mass is 334 g/mol. The summed E-state index contributed by atoms with van der Waals surface area (Å²) in [5, 5.41) is 19.7. The predicted octanol–water partition coefficient (Wildman–Crippen LogP) is 1.73. The molecule has 0 atom stereocenters. The highest BCUT2D eigenvalue weighted by Crippen LogP contribution is 2.31. The van der Waals surface area contributed by atoms with Gasteiger partial charge in [0.1, 0.15) is 5.02 Å². The van der Waals surface area contributed by atoms with Crippen molar-refractivity contribution >= 4 is 27.3 Å². The number of aliphatic hydroxyl groups excluding tert-OH is 1. The molecule has 0 aliphatic rings. The molecule has 0 spiro atoms. The summed E-state index contributed by atoms with van der Waals surface area (Å²) < 4.78 is 26.0. The van der Waals surface area contributed by atoms with Crippen molar-refractivity contribution in [3.8, 4) is 0 Å². The highest BCUT2D eigenvalue weighted by Gasteiger charge is 2.28. The van der Waals surface area contributed by atoms with E-state index in [0.717, 1.165) is 10.4 Å². The standard InChI is InChI=1S/C12H15ClN2O5S/c1-3-4-14(5-6-16)21(19,20)12-8-11(15(17)18)10(13)7-9(12)2/h3,7-8,16H,1,4-6H2,2H3. The second-order valence-electron chi connectivity index (χ2n) is 4.20. The molecule has 116 valence electrons. The number of aryl methyl sites for hydroxylation is 1.